The third kappa shape index (κ3) is 2.12. The highest BCUT2D eigenvalue weighted by Crippen LogP contribution is 2.35. The molecule has 0 atom stereocenters. The van der Waals surface area contributed by atoms with Crippen molar-refractivity contribution in [3.63, 3.8) is 0 Å². The molecule has 0 saturated carbocycles. The molecule has 90 valence electrons. The molecule has 17 heavy (non-hydrogen) atoms. The predicted octanol–water partition coefficient (Wildman–Crippen LogP) is 4.38. The lowest BCUT2D eigenvalue weighted by Gasteiger charge is -2.13. The van der Waals surface area contributed by atoms with Gasteiger partial charge in [0.2, 0.25) is 0 Å². The van der Waals surface area contributed by atoms with Crippen LogP contribution in [-0.4, -0.2) is 4.98 Å². The van der Waals surface area contributed by atoms with Gasteiger partial charge in [-0.2, -0.15) is 13.2 Å². The van der Waals surface area contributed by atoms with Gasteiger partial charge in [0.25, 0.3) is 0 Å². The van der Waals surface area contributed by atoms with Crippen LogP contribution >= 0.6 is 0 Å². The lowest BCUT2D eigenvalue weighted by Crippen LogP contribution is -2.07. The fourth-order valence-corrected chi connectivity index (χ4v) is 1.93. The molecule has 0 radical (unpaired) electrons. The summed E-state index contributed by atoms with van der Waals surface area (Å²) in [6, 6.07) is 5.96. The van der Waals surface area contributed by atoms with E-state index in [1.165, 1.54) is 12.3 Å². The SMILES string of the molecule is CC(C)c1ccnc2c(C(F)(F)F)cccc12. The number of rotatable bonds is 1. The molecule has 0 unspecified atom stereocenters. The van der Waals surface area contributed by atoms with Gasteiger partial charge in [-0.1, -0.05) is 26.0 Å². The van der Waals surface area contributed by atoms with Crippen LogP contribution in [0.5, 0.6) is 0 Å². The topological polar surface area (TPSA) is 12.9 Å². The molecular formula is C13H12F3N. The second-order valence-corrected chi connectivity index (χ2v) is 4.25. The third-order valence-corrected chi connectivity index (χ3v) is 2.73. The quantitative estimate of drug-likeness (QED) is 0.719. The first-order valence-corrected chi connectivity index (χ1v) is 5.36. The van der Waals surface area contributed by atoms with Crippen LogP contribution in [0.1, 0.15) is 30.9 Å². The molecule has 2 rings (SSSR count). The lowest BCUT2D eigenvalue weighted by atomic mass is 9.97. The Morgan fingerprint density at radius 2 is 1.82 bits per heavy atom. The molecule has 1 aromatic heterocycles. The summed E-state index contributed by atoms with van der Waals surface area (Å²) >= 11 is 0. The maximum absolute atomic E-state index is 12.8. The van der Waals surface area contributed by atoms with E-state index in [1.807, 2.05) is 13.8 Å². The summed E-state index contributed by atoms with van der Waals surface area (Å²) < 4.78 is 38.4. The molecular weight excluding hydrogens is 227 g/mol. The Labute approximate surface area is 97.3 Å². The highest BCUT2D eigenvalue weighted by atomic mass is 19.4. The van der Waals surface area contributed by atoms with Crippen LogP contribution in [0, 0.1) is 0 Å². The standard InChI is InChI=1S/C13H12F3N/c1-8(2)9-6-7-17-12-10(9)4-3-5-11(12)13(14,15)16/h3-8H,1-2H3. The summed E-state index contributed by atoms with van der Waals surface area (Å²) in [6.45, 7) is 3.91. The normalized spacial score (nSPS) is 12.4. The number of benzene rings is 1. The molecule has 0 bridgehead atoms. The zero-order valence-corrected chi connectivity index (χ0v) is 9.55. The van der Waals surface area contributed by atoms with Crippen LogP contribution in [0.4, 0.5) is 13.2 Å². The number of hydrogen-bond donors (Lipinski definition) is 0. The summed E-state index contributed by atoms with van der Waals surface area (Å²) in [5, 5.41) is 0.581. The van der Waals surface area contributed by atoms with Crippen LogP contribution in [0.25, 0.3) is 10.9 Å². The van der Waals surface area contributed by atoms with E-state index >= 15 is 0 Å². The number of para-hydroxylation sites is 1. The molecule has 1 nitrogen and oxygen atoms in total. The van der Waals surface area contributed by atoms with Crippen LogP contribution in [0.15, 0.2) is 30.5 Å². The Balaban J connectivity index is 2.79. The second-order valence-electron chi connectivity index (χ2n) is 4.25. The zero-order chi connectivity index (χ0) is 12.6. The van der Waals surface area contributed by atoms with Gasteiger partial charge >= 0.3 is 6.18 Å². The van der Waals surface area contributed by atoms with Crippen molar-refractivity contribution in [1.29, 1.82) is 0 Å². The van der Waals surface area contributed by atoms with Crippen molar-refractivity contribution in [2.24, 2.45) is 0 Å². The Morgan fingerprint density at radius 3 is 2.41 bits per heavy atom. The van der Waals surface area contributed by atoms with E-state index in [2.05, 4.69) is 4.98 Å². The monoisotopic (exact) mass is 239 g/mol. The Bertz CT molecular complexity index is 544. The maximum Gasteiger partial charge on any atom is 0.418 e. The van der Waals surface area contributed by atoms with E-state index in [4.69, 9.17) is 0 Å². The smallest absolute Gasteiger partial charge is 0.256 e. The van der Waals surface area contributed by atoms with Crippen LogP contribution in [-0.2, 0) is 6.18 Å². The van der Waals surface area contributed by atoms with E-state index < -0.39 is 11.7 Å². The largest absolute Gasteiger partial charge is 0.418 e. The van der Waals surface area contributed by atoms with Crippen molar-refractivity contribution in [3.8, 4) is 0 Å². The Morgan fingerprint density at radius 1 is 1.12 bits per heavy atom. The van der Waals surface area contributed by atoms with E-state index in [1.54, 1.807) is 12.1 Å². The summed E-state index contributed by atoms with van der Waals surface area (Å²) in [6.07, 6.45) is -2.92. The minimum absolute atomic E-state index is 0.0335. The first-order chi connectivity index (χ1) is 7.91. The number of halogens is 3. The Kier molecular flexibility index (Phi) is 2.81. The van der Waals surface area contributed by atoms with Crippen LogP contribution in [0.2, 0.25) is 0 Å². The minimum Gasteiger partial charge on any atom is -0.256 e. The number of nitrogens with zero attached hydrogens (tertiary/aromatic N) is 1. The Hall–Kier alpha value is -1.58. The third-order valence-electron chi connectivity index (χ3n) is 2.73. The molecule has 0 aliphatic rings. The average Bonchev–Trinajstić information content (AvgIpc) is 2.26. The van der Waals surface area contributed by atoms with Crippen LogP contribution < -0.4 is 0 Å². The van der Waals surface area contributed by atoms with Gasteiger partial charge in [0.15, 0.2) is 0 Å². The first kappa shape index (κ1) is 11.9. The van der Waals surface area contributed by atoms with Gasteiger partial charge in [-0.05, 0) is 23.6 Å². The van der Waals surface area contributed by atoms with Crippen LogP contribution in [0.3, 0.4) is 0 Å². The summed E-state index contributed by atoms with van der Waals surface area (Å²) in [7, 11) is 0. The average molecular weight is 239 g/mol. The van der Waals surface area contributed by atoms with Crippen molar-refractivity contribution >= 4 is 10.9 Å². The first-order valence-electron chi connectivity index (χ1n) is 5.36. The molecule has 4 heteroatoms. The van der Waals surface area contributed by atoms with Gasteiger partial charge in [0, 0.05) is 11.6 Å². The molecule has 1 aromatic carbocycles. The maximum atomic E-state index is 12.8. The molecule has 1 heterocycles. The van der Waals surface area contributed by atoms with E-state index in [9.17, 15) is 13.2 Å². The van der Waals surface area contributed by atoms with Crippen molar-refractivity contribution in [1.82, 2.24) is 4.98 Å². The number of pyridine rings is 1. The number of aromatic nitrogens is 1. The lowest BCUT2D eigenvalue weighted by molar-refractivity contribution is -0.136. The molecule has 0 aliphatic heterocycles. The predicted molar refractivity (Wildman–Crippen MR) is 60.8 cm³/mol. The van der Waals surface area contributed by atoms with Gasteiger partial charge in [0.05, 0.1) is 11.1 Å². The number of hydrogen-bond acceptors (Lipinski definition) is 1. The fraction of sp³-hybridized carbons (Fsp3) is 0.308. The van der Waals surface area contributed by atoms with E-state index in [0.717, 1.165) is 11.6 Å². The molecule has 0 N–H and O–H groups in total. The summed E-state index contributed by atoms with van der Waals surface area (Å²) in [5.41, 5.74) is 0.254. The summed E-state index contributed by atoms with van der Waals surface area (Å²) in [5.74, 6) is 0.170. The van der Waals surface area contributed by atoms with Gasteiger partial charge in [-0.25, -0.2) is 0 Å². The fourth-order valence-electron chi connectivity index (χ4n) is 1.93. The van der Waals surface area contributed by atoms with E-state index in [0.29, 0.717) is 5.39 Å². The molecule has 0 aliphatic carbocycles. The second kappa shape index (κ2) is 4.02. The molecule has 2 aromatic rings. The molecule has 0 saturated heterocycles. The highest BCUT2D eigenvalue weighted by molar-refractivity contribution is 5.85. The highest BCUT2D eigenvalue weighted by Gasteiger charge is 2.33. The molecule has 0 fully saturated rings. The van der Waals surface area contributed by atoms with Gasteiger partial charge in [-0.3, -0.25) is 4.98 Å². The van der Waals surface area contributed by atoms with Crippen molar-refractivity contribution in [2.45, 2.75) is 25.9 Å². The minimum atomic E-state index is -4.36. The number of alkyl halides is 3. The molecule has 0 amide bonds. The van der Waals surface area contributed by atoms with Crippen molar-refractivity contribution < 1.29 is 13.2 Å². The zero-order valence-electron chi connectivity index (χ0n) is 9.55. The van der Waals surface area contributed by atoms with Crippen molar-refractivity contribution in [2.75, 3.05) is 0 Å². The summed E-state index contributed by atoms with van der Waals surface area (Å²) in [4.78, 5) is 3.87. The number of fused-ring (bicyclic) bond motifs is 1. The van der Waals surface area contributed by atoms with Crippen molar-refractivity contribution in [3.05, 3.63) is 41.6 Å². The van der Waals surface area contributed by atoms with E-state index in [-0.39, 0.29) is 11.4 Å². The van der Waals surface area contributed by atoms with Gasteiger partial charge in [-0.15, -0.1) is 0 Å². The van der Waals surface area contributed by atoms with Gasteiger partial charge in [0.1, 0.15) is 0 Å². The molecule has 0 spiro atoms. The van der Waals surface area contributed by atoms with Gasteiger partial charge < -0.3 is 0 Å².